The average Bonchev–Trinajstić information content (AvgIpc) is 2.37. The Morgan fingerprint density at radius 1 is 1.05 bits per heavy atom. The summed E-state index contributed by atoms with van der Waals surface area (Å²) in [5.41, 5.74) is 6.95. The van der Waals surface area contributed by atoms with Crippen molar-refractivity contribution >= 4 is 5.84 Å². The molecule has 1 heterocycles. The molecule has 1 unspecified atom stereocenters. The van der Waals surface area contributed by atoms with Crippen molar-refractivity contribution in [1.82, 2.24) is 4.90 Å². The van der Waals surface area contributed by atoms with Crippen molar-refractivity contribution < 1.29 is 0 Å². The first kappa shape index (κ1) is 14.1. The maximum Gasteiger partial charge on any atom is 0.0924 e. The third-order valence-corrected chi connectivity index (χ3v) is 3.93. The van der Waals surface area contributed by atoms with Gasteiger partial charge in [-0.2, -0.15) is 0 Å². The van der Waals surface area contributed by atoms with Crippen LogP contribution in [0, 0.1) is 5.41 Å². The maximum atomic E-state index is 7.64. The van der Waals surface area contributed by atoms with E-state index < -0.39 is 0 Å². The Bertz CT molecular complexity index is 380. The van der Waals surface area contributed by atoms with Gasteiger partial charge in [-0.1, -0.05) is 49.6 Å². The molecule has 19 heavy (non-hydrogen) atoms. The van der Waals surface area contributed by atoms with Gasteiger partial charge in [-0.15, -0.1) is 0 Å². The minimum Gasteiger partial charge on any atom is -0.388 e. The molecule has 1 atom stereocenters. The van der Waals surface area contributed by atoms with Crippen LogP contribution < -0.4 is 5.73 Å². The lowest BCUT2D eigenvalue weighted by molar-refractivity contribution is 0.183. The van der Waals surface area contributed by atoms with Gasteiger partial charge in [0.05, 0.1) is 5.84 Å². The molecule has 1 saturated heterocycles. The van der Waals surface area contributed by atoms with Crippen LogP contribution in [0.4, 0.5) is 0 Å². The second-order valence-electron chi connectivity index (χ2n) is 5.46. The molecule has 1 aromatic rings. The Kier molecular flexibility index (Phi) is 5.40. The molecular weight excluding hydrogens is 234 g/mol. The zero-order chi connectivity index (χ0) is 13.5. The smallest absolute Gasteiger partial charge is 0.0924 e. The lowest BCUT2D eigenvalue weighted by atomic mass is 9.99. The van der Waals surface area contributed by atoms with Gasteiger partial charge in [0.15, 0.2) is 0 Å². The lowest BCUT2D eigenvalue weighted by Crippen LogP contribution is -2.34. The predicted octanol–water partition coefficient (Wildman–Crippen LogP) is 3.32. The second-order valence-corrected chi connectivity index (χ2v) is 5.46. The van der Waals surface area contributed by atoms with Crippen molar-refractivity contribution in [3.63, 3.8) is 0 Å². The van der Waals surface area contributed by atoms with Crippen LogP contribution >= 0.6 is 0 Å². The van der Waals surface area contributed by atoms with E-state index in [9.17, 15) is 0 Å². The summed E-state index contributed by atoms with van der Waals surface area (Å²) in [6.45, 7) is 2.26. The molecule has 3 N–H and O–H groups in total. The van der Waals surface area contributed by atoms with E-state index in [2.05, 4.69) is 29.2 Å². The van der Waals surface area contributed by atoms with Crippen LogP contribution in [-0.4, -0.2) is 23.8 Å². The van der Waals surface area contributed by atoms with E-state index in [-0.39, 0.29) is 11.9 Å². The van der Waals surface area contributed by atoms with E-state index in [0.717, 1.165) is 13.1 Å². The van der Waals surface area contributed by atoms with Gasteiger partial charge < -0.3 is 5.73 Å². The number of benzene rings is 1. The van der Waals surface area contributed by atoms with E-state index in [4.69, 9.17) is 11.1 Å². The number of hydrogen-bond donors (Lipinski definition) is 2. The van der Waals surface area contributed by atoms with Crippen LogP contribution in [-0.2, 0) is 0 Å². The standard InChI is InChI=1S/C16H25N3/c17-16(18)13-15(14-9-5-4-6-10-14)19-11-7-2-1-3-8-12-19/h4-6,9-10,15H,1-3,7-8,11-13H2,(H3,17,18). The van der Waals surface area contributed by atoms with E-state index in [1.165, 1.54) is 37.7 Å². The highest BCUT2D eigenvalue weighted by Gasteiger charge is 2.21. The lowest BCUT2D eigenvalue weighted by Gasteiger charge is -2.33. The monoisotopic (exact) mass is 259 g/mol. The third-order valence-electron chi connectivity index (χ3n) is 3.93. The van der Waals surface area contributed by atoms with Crippen molar-refractivity contribution in [3.8, 4) is 0 Å². The number of amidine groups is 1. The first-order chi connectivity index (χ1) is 9.27. The van der Waals surface area contributed by atoms with Gasteiger partial charge in [0.1, 0.15) is 0 Å². The SMILES string of the molecule is N=C(N)CC(c1ccccc1)N1CCCCCCC1. The highest BCUT2D eigenvalue weighted by molar-refractivity contribution is 5.77. The highest BCUT2D eigenvalue weighted by atomic mass is 15.2. The molecule has 1 aromatic carbocycles. The Hall–Kier alpha value is -1.35. The summed E-state index contributed by atoms with van der Waals surface area (Å²) >= 11 is 0. The minimum atomic E-state index is 0.275. The first-order valence-electron chi connectivity index (χ1n) is 7.39. The molecule has 1 fully saturated rings. The topological polar surface area (TPSA) is 53.1 Å². The molecule has 0 saturated carbocycles. The molecule has 1 aliphatic heterocycles. The number of nitrogens with one attached hydrogen (secondary N) is 1. The largest absolute Gasteiger partial charge is 0.388 e. The quantitative estimate of drug-likeness (QED) is 0.644. The summed E-state index contributed by atoms with van der Waals surface area (Å²) in [5.74, 6) is 0.288. The fourth-order valence-electron chi connectivity index (χ4n) is 2.92. The molecule has 0 radical (unpaired) electrons. The molecule has 104 valence electrons. The summed E-state index contributed by atoms with van der Waals surface area (Å²) in [4.78, 5) is 2.52. The van der Waals surface area contributed by atoms with E-state index in [0.29, 0.717) is 6.42 Å². The Balaban J connectivity index is 2.13. The van der Waals surface area contributed by atoms with Crippen LogP contribution in [0.25, 0.3) is 0 Å². The third kappa shape index (κ3) is 4.35. The summed E-state index contributed by atoms with van der Waals surface area (Å²) in [5, 5.41) is 7.64. The van der Waals surface area contributed by atoms with Crippen LogP contribution in [0.1, 0.15) is 50.1 Å². The molecule has 2 rings (SSSR count). The van der Waals surface area contributed by atoms with E-state index >= 15 is 0 Å². The summed E-state index contributed by atoms with van der Waals surface area (Å²) in [6.07, 6.45) is 7.21. The van der Waals surface area contributed by atoms with Crippen LogP contribution in [0.5, 0.6) is 0 Å². The number of hydrogen-bond acceptors (Lipinski definition) is 2. The molecule has 3 nitrogen and oxygen atoms in total. The number of likely N-dealkylation sites (tertiary alicyclic amines) is 1. The Labute approximate surface area is 116 Å². The van der Waals surface area contributed by atoms with Crippen molar-refractivity contribution in [3.05, 3.63) is 35.9 Å². The molecule has 0 aromatic heterocycles. The normalized spacial score (nSPS) is 19.4. The molecule has 0 amide bonds. The van der Waals surface area contributed by atoms with Gasteiger partial charge in [-0.25, -0.2) is 0 Å². The van der Waals surface area contributed by atoms with Gasteiger partial charge >= 0.3 is 0 Å². The molecule has 3 heteroatoms. The molecule has 1 aliphatic rings. The zero-order valence-electron chi connectivity index (χ0n) is 11.6. The Morgan fingerprint density at radius 3 is 2.21 bits per heavy atom. The Morgan fingerprint density at radius 2 is 1.63 bits per heavy atom. The van der Waals surface area contributed by atoms with Crippen LogP contribution in [0.15, 0.2) is 30.3 Å². The first-order valence-corrected chi connectivity index (χ1v) is 7.39. The van der Waals surface area contributed by atoms with Crippen molar-refractivity contribution in [1.29, 1.82) is 5.41 Å². The molecular formula is C16H25N3. The van der Waals surface area contributed by atoms with E-state index in [1.54, 1.807) is 0 Å². The maximum absolute atomic E-state index is 7.64. The average molecular weight is 259 g/mol. The summed E-state index contributed by atoms with van der Waals surface area (Å²) < 4.78 is 0. The molecule has 0 aliphatic carbocycles. The minimum absolute atomic E-state index is 0.275. The summed E-state index contributed by atoms with van der Waals surface area (Å²) in [7, 11) is 0. The number of rotatable bonds is 4. The van der Waals surface area contributed by atoms with Crippen LogP contribution in [0.3, 0.4) is 0 Å². The number of nitrogens with two attached hydrogens (primary N) is 1. The van der Waals surface area contributed by atoms with Crippen molar-refractivity contribution in [2.45, 2.75) is 44.6 Å². The second kappa shape index (κ2) is 7.29. The molecule has 0 spiro atoms. The highest BCUT2D eigenvalue weighted by Crippen LogP contribution is 2.26. The van der Waals surface area contributed by atoms with E-state index in [1.807, 2.05) is 6.07 Å². The van der Waals surface area contributed by atoms with Crippen molar-refractivity contribution in [2.24, 2.45) is 5.73 Å². The van der Waals surface area contributed by atoms with Crippen molar-refractivity contribution in [2.75, 3.05) is 13.1 Å². The van der Waals surface area contributed by atoms with Gasteiger partial charge in [-0.3, -0.25) is 10.3 Å². The fourth-order valence-corrected chi connectivity index (χ4v) is 2.92. The van der Waals surface area contributed by atoms with Gasteiger partial charge in [-0.05, 0) is 31.5 Å². The molecule has 0 bridgehead atoms. The van der Waals surface area contributed by atoms with Gasteiger partial charge in [0, 0.05) is 12.5 Å². The predicted molar refractivity (Wildman–Crippen MR) is 80.4 cm³/mol. The number of nitrogens with zero attached hydrogens (tertiary/aromatic N) is 1. The zero-order valence-corrected chi connectivity index (χ0v) is 11.6. The van der Waals surface area contributed by atoms with Gasteiger partial charge in [0.2, 0.25) is 0 Å². The fraction of sp³-hybridized carbons (Fsp3) is 0.562. The van der Waals surface area contributed by atoms with Crippen LogP contribution in [0.2, 0.25) is 0 Å². The van der Waals surface area contributed by atoms with Gasteiger partial charge in [0.25, 0.3) is 0 Å². The summed E-state index contributed by atoms with van der Waals surface area (Å²) in [6, 6.07) is 10.8.